The van der Waals surface area contributed by atoms with Crippen molar-refractivity contribution in [1.29, 1.82) is 0 Å². The Hall–Kier alpha value is -1.14. The molecule has 114 valence electrons. The van der Waals surface area contributed by atoms with Crippen LogP contribution in [0.25, 0.3) is 10.6 Å². The van der Waals surface area contributed by atoms with Gasteiger partial charge in [-0.15, -0.1) is 11.3 Å². The molecular weight excluding hydrogens is 300 g/mol. The molecule has 1 aliphatic carbocycles. The summed E-state index contributed by atoms with van der Waals surface area (Å²) in [7, 11) is 0. The van der Waals surface area contributed by atoms with Crippen LogP contribution in [-0.2, 0) is 0 Å². The van der Waals surface area contributed by atoms with Gasteiger partial charge in [0.2, 0.25) is 0 Å². The highest BCUT2D eigenvalue weighted by atomic mass is 32.1. The van der Waals surface area contributed by atoms with Gasteiger partial charge >= 0.3 is 0 Å². The maximum Gasteiger partial charge on any atom is 0.149 e. The summed E-state index contributed by atoms with van der Waals surface area (Å²) < 4.78 is 4.34. The van der Waals surface area contributed by atoms with E-state index in [1.165, 1.54) is 43.6 Å². The van der Waals surface area contributed by atoms with Crippen molar-refractivity contribution >= 4 is 33.7 Å². The number of hydrogen-bond acceptors (Lipinski definition) is 6. The fourth-order valence-corrected chi connectivity index (χ4v) is 4.83. The molecule has 1 aliphatic rings. The quantitative estimate of drug-likeness (QED) is 0.867. The lowest BCUT2D eigenvalue weighted by molar-refractivity contribution is 0.318. The van der Waals surface area contributed by atoms with Crippen LogP contribution in [0.4, 0.5) is 10.8 Å². The van der Waals surface area contributed by atoms with E-state index in [2.05, 4.69) is 27.0 Å². The minimum absolute atomic E-state index is 0.545. The third-order valence-electron chi connectivity index (χ3n) is 4.30. The van der Waals surface area contributed by atoms with Crippen molar-refractivity contribution in [3.05, 3.63) is 11.1 Å². The summed E-state index contributed by atoms with van der Waals surface area (Å²) in [6, 6.07) is 0.545. The molecule has 0 radical (unpaired) electrons. The predicted molar refractivity (Wildman–Crippen MR) is 92.0 cm³/mol. The van der Waals surface area contributed by atoms with Crippen LogP contribution < -0.4 is 11.1 Å². The number of rotatable bonds is 4. The average molecular weight is 323 g/mol. The molecule has 0 spiro atoms. The van der Waals surface area contributed by atoms with Crippen molar-refractivity contribution in [1.82, 2.24) is 9.36 Å². The summed E-state index contributed by atoms with van der Waals surface area (Å²) in [5.41, 5.74) is 8.12. The summed E-state index contributed by atoms with van der Waals surface area (Å²) in [6.07, 6.45) is 6.48. The van der Waals surface area contributed by atoms with Crippen LogP contribution >= 0.6 is 22.9 Å². The second kappa shape index (κ2) is 6.32. The number of nitrogens with zero attached hydrogens (tertiary/aromatic N) is 2. The van der Waals surface area contributed by atoms with Gasteiger partial charge in [0.1, 0.15) is 15.8 Å². The van der Waals surface area contributed by atoms with E-state index in [0.29, 0.717) is 11.9 Å². The van der Waals surface area contributed by atoms with Crippen LogP contribution in [-0.4, -0.2) is 15.4 Å². The zero-order valence-corrected chi connectivity index (χ0v) is 14.2. The molecule has 0 amide bonds. The standard InChI is InChI=1S/C15H22N4S2/c1-3-10-6-4-5-7-11(10)18-15-12(13(16)19-21-15)14-17-9(2)8-20-14/h8,10-11,18H,3-7H2,1-2H3,(H2,16,19). The first-order valence-corrected chi connectivity index (χ1v) is 9.28. The van der Waals surface area contributed by atoms with Crippen LogP contribution in [0, 0.1) is 12.8 Å². The summed E-state index contributed by atoms with van der Waals surface area (Å²) in [5.74, 6) is 1.36. The second-order valence-corrected chi connectivity index (χ2v) is 7.40. The van der Waals surface area contributed by atoms with Gasteiger partial charge in [0.05, 0.1) is 5.56 Å². The summed E-state index contributed by atoms with van der Waals surface area (Å²) in [5, 5.41) is 7.85. The van der Waals surface area contributed by atoms with Crippen LogP contribution in [0.5, 0.6) is 0 Å². The maximum atomic E-state index is 6.08. The minimum atomic E-state index is 0.545. The third-order valence-corrected chi connectivity index (χ3v) is 6.07. The Kier molecular flexibility index (Phi) is 4.45. The molecule has 2 atom stereocenters. The third kappa shape index (κ3) is 3.06. The van der Waals surface area contributed by atoms with Gasteiger partial charge in [0.25, 0.3) is 0 Å². The molecule has 2 aromatic heterocycles. The Labute approximate surface area is 134 Å². The zero-order chi connectivity index (χ0) is 14.8. The van der Waals surface area contributed by atoms with Gasteiger partial charge in [-0.1, -0.05) is 26.2 Å². The molecule has 0 bridgehead atoms. The molecule has 3 rings (SSSR count). The first-order valence-electron chi connectivity index (χ1n) is 7.63. The van der Waals surface area contributed by atoms with Gasteiger partial charge in [-0.25, -0.2) is 4.98 Å². The lowest BCUT2D eigenvalue weighted by Gasteiger charge is -2.31. The monoisotopic (exact) mass is 322 g/mol. The Balaban J connectivity index is 1.86. The van der Waals surface area contributed by atoms with E-state index >= 15 is 0 Å². The van der Waals surface area contributed by atoms with Crippen LogP contribution in [0.3, 0.4) is 0 Å². The van der Waals surface area contributed by atoms with Crippen molar-refractivity contribution in [2.75, 3.05) is 11.1 Å². The van der Waals surface area contributed by atoms with Crippen molar-refractivity contribution in [2.45, 2.75) is 52.0 Å². The molecule has 3 N–H and O–H groups in total. The van der Waals surface area contributed by atoms with Gasteiger partial charge in [0.15, 0.2) is 0 Å². The zero-order valence-electron chi connectivity index (χ0n) is 12.6. The van der Waals surface area contributed by atoms with Crippen molar-refractivity contribution in [2.24, 2.45) is 5.92 Å². The predicted octanol–water partition coefficient (Wildman–Crippen LogP) is 4.54. The van der Waals surface area contributed by atoms with Gasteiger partial charge in [-0.3, -0.25) is 0 Å². The largest absolute Gasteiger partial charge is 0.382 e. The lowest BCUT2D eigenvalue weighted by Crippen LogP contribution is -2.31. The number of thiazole rings is 1. The highest BCUT2D eigenvalue weighted by Gasteiger charge is 2.26. The molecule has 1 fully saturated rings. The van der Waals surface area contributed by atoms with Crippen molar-refractivity contribution < 1.29 is 0 Å². The molecule has 0 aliphatic heterocycles. The lowest BCUT2D eigenvalue weighted by atomic mass is 9.83. The fourth-order valence-electron chi connectivity index (χ4n) is 3.13. The van der Waals surface area contributed by atoms with Crippen LogP contribution in [0.15, 0.2) is 5.38 Å². The molecule has 4 nitrogen and oxygen atoms in total. The molecule has 21 heavy (non-hydrogen) atoms. The molecule has 0 saturated heterocycles. The Morgan fingerprint density at radius 3 is 2.90 bits per heavy atom. The first kappa shape index (κ1) is 14.8. The normalized spacial score (nSPS) is 22.4. The second-order valence-electron chi connectivity index (χ2n) is 5.77. The summed E-state index contributed by atoms with van der Waals surface area (Å²) >= 11 is 3.11. The molecule has 1 saturated carbocycles. The number of nitrogens with one attached hydrogen (secondary N) is 1. The SMILES string of the molecule is CCC1CCCCC1Nc1snc(N)c1-c1nc(C)cs1. The van der Waals surface area contributed by atoms with E-state index in [1.54, 1.807) is 11.3 Å². The Morgan fingerprint density at radius 2 is 2.19 bits per heavy atom. The highest BCUT2D eigenvalue weighted by molar-refractivity contribution is 7.15. The molecule has 6 heteroatoms. The van der Waals surface area contributed by atoms with E-state index < -0.39 is 0 Å². The van der Waals surface area contributed by atoms with E-state index in [1.807, 2.05) is 6.92 Å². The Morgan fingerprint density at radius 1 is 1.38 bits per heavy atom. The highest BCUT2D eigenvalue weighted by Crippen LogP contribution is 2.40. The summed E-state index contributed by atoms with van der Waals surface area (Å²) in [6.45, 7) is 4.30. The number of aromatic nitrogens is 2. The van der Waals surface area contributed by atoms with Gasteiger partial charge in [0, 0.05) is 17.1 Å². The van der Waals surface area contributed by atoms with E-state index in [9.17, 15) is 0 Å². The molecule has 0 aromatic carbocycles. The average Bonchev–Trinajstić information content (AvgIpc) is 3.06. The van der Waals surface area contributed by atoms with E-state index in [-0.39, 0.29) is 0 Å². The number of nitrogens with two attached hydrogens (primary N) is 1. The number of nitrogen functional groups attached to an aromatic ring is 1. The fraction of sp³-hybridized carbons (Fsp3) is 0.600. The first-order chi connectivity index (χ1) is 10.2. The van der Waals surface area contributed by atoms with Gasteiger partial charge in [-0.05, 0) is 37.2 Å². The number of aryl methyl sites for hydroxylation is 1. The molecular formula is C15H22N4S2. The van der Waals surface area contributed by atoms with Crippen LogP contribution in [0.1, 0.15) is 44.7 Å². The van der Waals surface area contributed by atoms with Gasteiger partial charge < -0.3 is 11.1 Å². The molecule has 2 heterocycles. The van der Waals surface area contributed by atoms with Gasteiger partial charge in [-0.2, -0.15) is 4.37 Å². The number of hydrogen-bond donors (Lipinski definition) is 2. The van der Waals surface area contributed by atoms with Crippen LogP contribution in [0.2, 0.25) is 0 Å². The topological polar surface area (TPSA) is 63.8 Å². The Bertz CT molecular complexity index is 605. The van der Waals surface area contributed by atoms with Crippen molar-refractivity contribution in [3.8, 4) is 10.6 Å². The maximum absolute atomic E-state index is 6.08. The molecule has 2 unspecified atom stereocenters. The number of anilines is 2. The summed E-state index contributed by atoms with van der Waals surface area (Å²) in [4.78, 5) is 4.57. The van der Waals surface area contributed by atoms with E-state index in [4.69, 9.17) is 5.73 Å². The smallest absolute Gasteiger partial charge is 0.149 e. The molecule has 2 aromatic rings. The van der Waals surface area contributed by atoms with Crippen molar-refractivity contribution in [3.63, 3.8) is 0 Å². The minimum Gasteiger partial charge on any atom is -0.382 e. The van der Waals surface area contributed by atoms with E-state index in [0.717, 1.165) is 27.2 Å².